The van der Waals surface area contributed by atoms with E-state index >= 15 is 0 Å². The highest BCUT2D eigenvalue weighted by atomic mass is 32.2. The van der Waals surface area contributed by atoms with Crippen LogP contribution in [0.15, 0.2) is 64.5 Å². The highest BCUT2D eigenvalue weighted by Crippen LogP contribution is 2.31. The molecule has 0 N–H and O–H groups in total. The van der Waals surface area contributed by atoms with E-state index in [1.807, 2.05) is 24.3 Å². The maximum Gasteiger partial charge on any atom is 0.0758 e. The van der Waals surface area contributed by atoms with Gasteiger partial charge >= 0.3 is 0 Å². The number of hydrogen-bond donors (Lipinski definition) is 0. The summed E-state index contributed by atoms with van der Waals surface area (Å²) >= 11 is 1.79. The standard InChI is InChI=1S/C14H13NS/c1-15-13-9-5-6-10-14(13)16-11-12-7-3-2-4-8-12/h2-10H,1,11H2. The van der Waals surface area contributed by atoms with Crippen LogP contribution in [0.3, 0.4) is 0 Å². The molecule has 2 rings (SSSR count). The molecule has 0 bridgehead atoms. The molecule has 0 amide bonds. The molecule has 0 heterocycles. The first-order valence-corrected chi connectivity index (χ1v) is 6.11. The third-order valence-corrected chi connectivity index (χ3v) is 3.41. The van der Waals surface area contributed by atoms with Gasteiger partial charge in [0.2, 0.25) is 0 Å². The Balaban J connectivity index is 2.08. The van der Waals surface area contributed by atoms with E-state index < -0.39 is 0 Å². The lowest BCUT2D eigenvalue weighted by atomic mass is 10.2. The van der Waals surface area contributed by atoms with E-state index in [-0.39, 0.29) is 0 Å². The van der Waals surface area contributed by atoms with Crippen LogP contribution < -0.4 is 0 Å². The van der Waals surface area contributed by atoms with Gasteiger partial charge in [-0.2, -0.15) is 0 Å². The van der Waals surface area contributed by atoms with Crippen molar-refractivity contribution in [1.29, 1.82) is 0 Å². The summed E-state index contributed by atoms with van der Waals surface area (Å²) in [4.78, 5) is 5.19. The van der Waals surface area contributed by atoms with Crippen LogP contribution in [0.25, 0.3) is 0 Å². The molecule has 0 aliphatic rings. The Hall–Kier alpha value is -1.54. The van der Waals surface area contributed by atoms with Gasteiger partial charge in [-0.3, -0.25) is 4.99 Å². The number of hydrogen-bond acceptors (Lipinski definition) is 2. The Labute approximate surface area is 100 Å². The Kier molecular flexibility index (Phi) is 3.78. The summed E-state index contributed by atoms with van der Waals surface area (Å²) < 4.78 is 0. The van der Waals surface area contributed by atoms with Crippen molar-refractivity contribution in [2.75, 3.05) is 0 Å². The minimum absolute atomic E-state index is 0.962. The van der Waals surface area contributed by atoms with Gasteiger partial charge in [-0.1, -0.05) is 42.5 Å². The van der Waals surface area contributed by atoms with Crippen molar-refractivity contribution in [3.05, 3.63) is 60.2 Å². The zero-order chi connectivity index (χ0) is 11.2. The second kappa shape index (κ2) is 5.52. The lowest BCUT2D eigenvalue weighted by Crippen LogP contribution is -1.79. The van der Waals surface area contributed by atoms with E-state index in [2.05, 4.69) is 42.0 Å². The molecule has 0 aliphatic carbocycles. The van der Waals surface area contributed by atoms with Gasteiger partial charge in [0.15, 0.2) is 0 Å². The van der Waals surface area contributed by atoms with Crippen LogP contribution in [0.1, 0.15) is 5.56 Å². The van der Waals surface area contributed by atoms with Crippen molar-refractivity contribution >= 4 is 24.2 Å². The molecule has 0 unspecified atom stereocenters. The molecule has 0 saturated carbocycles. The first-order chi connectivity index (χ1) is 7.90. The number of rotatable bonds is 4. The fourth-order valence-corrected chi connectivity index (χ4v) is 2.42. The van der Waals surface area contributed by atoms with Crippen LogP contribution >= 0.6 is 11.8 Å². The Morgan fingerprint density at radius 1 is 0.938 bits per heavy atom. The predicted octanol–water partition coefficient (Wildman–Crippen LogP) is 4.31. The topological polar surface area (TPSA) is 12.4 Å². The number of thioether (sulfide) groups is 1. The summed E-state index contributed by atoms with van der Waals surface area (Å²) in [5, 5.41) is 0. The van der Waals surface area contributed by atoms with Crippen LogP contribution in [0, 0.1) is 0 Å². The molecule has 0 aliphatic heterocycles. The minimum Gasteiger partial charge on any atom is -0.263 e. The average Bonchev–Trinajstić information content (AvgIpc) is 2.38. The summed E-state index contributed by atoms with van der Waals surface area (Å²) in [6, 6.07) is 18.5. The summed E-state index contributed by atoms with van der Waals surface area (Å²) in [6.07, 6.45) is 0. The van der Waals surface area contributed by atoms with Crippen LogP contribution in [0.4, 0.5) is 5.69 Å². The summed E-state index contributed by atoms with van der Waals surface area (Å²) in [5.74, 6) is 0.966. The quantitative estimate of drug-likeness (QED) is 0.560. The van der Waals surface area contributed by atoms with E-state index in [1.165, 1.54) is 10.5 Å². The smallest absolute Gasteiger partial charge is 0.0758 e. The number of aliphatic imine (C=N–C) groups is 1. The zero-order valence-corrected chi connectivity index (χ0v) is 9.78. The summed E-state index contributed by atoms with van der Waals surface area (Å²) in [5.41, 5.74) is 2.29. The van der Waals surface area contributed by atoms with Gasteiger partial charge in [-0.25, -0.2) is 0 Å². The van der Waals surface area contributed by atoms with Crippen molar-refractivity contribution in [2.45, 2.75) is 10.6 Å². The molecule has 0 saturated heterocycles. The predicted molar refractivity (Wildman–Crippen MR) is 71.7 cm³/mol. The van der Waals surface area contributed by atoms with Gasteiger partial charge in [-0.05, 0) is 24.4 Å². The fourth-order valence-electron chi connectivity index (χ4n) is 1.45. The first-order valence-electron chi connectivity index (χ1n) is 5.12. The number of nitrogens with zero attached hydrogens (tertiary/aromatic N) is 1. The Morgan fingerprint density at radius 2 is 1.62 bits per heavy atom. The van der Waals surface area contributed by atoms with E-state index in [9.17, 15) is 0 Å². The number of benzene rings is 2. The lowest BCUT2D eigenvalue weighted by Gasteiger charge is -2.04. The monoisotopic (exact) mass is 227 g/mol. The molecule has 80 valence electrons. The first kappa shape index (κ1) is 11.0. The van der Waals surface area contributed by atoms with Crippen LogP contribution in [0.5, 0.6) is 0 Å². The third kappa shape index (κ3) is 2.74. The second-order valence-corrected chi connectivity index (χ2v) is 4.42. The normalized spacial score (nSPS) is 10.0. The van der Waals surface area contributed by atoms with Gasteiger partial charge in [0.25, 0.3) is 0 Å². The van der Waals surface area contributed by atoms with Gasteiger partial charge < -0.3 is 0 Å². The molecular weight excluding hydrogens is 214 g/mol. The van der Waals surface area contributed by atoms with Crippen LogP contribution in [-0.4, -0.2) is 6.72 Å². The fraction of sp³-hybridized carbons (Fsp3) is 0.0714. The van der Waals surface area contributed by atoms with Crippen molar-refractivity contribution in [1.82, 2.24) is 0 Å². The largest absolute Gasteiger partial charge is 0.263 e. The van der Waals surface area contributed by atoms with Gasteiger partial charge in [0.1, 0.15) is 0 Å². The van der Waals surface area contributed by atoms with Gasteiger partial charge in [0, 0.05) is 10.6 Å². The molecule has 16 heavy (non-hydrogen) atoms. The zero-order valence-electron chi connectivity index (χ0n) is 8.97. The minimum atomic E-state index is 0.962. The lowest BCUT2D eigenvalue weighted by molar-refractivity contribution is 1.35. The Morgan fingerprint density at radius 3 is 2.38 bits per heavy atom. The molecule has 0 atom stereocenters. The van der Waals surface area contributed by atoms with Crippen molar-refractivity contribution in [3.63, 3.8) is 0 Å². The third-order valence-electron chi connectivity index (χ3n) is 2.27. The van der Waals surface area contributed by atoms with Crippen molar-refractivity contribution in [2.24, 2.45) is 4.99 Å². The van der Waals surface area contributed by atoms with Gasteiger partial charge in [-0.15, -0.1) is 11.8 Å². The molecule has 2 aromatic rings. The van der Waals surface area contributed by atoms with E-state index in [0.29, 0.717) is 0 Å². The SMILES string of the molecule is C=Nc1ccccc1SCc1ccccc1. The second-order valence-electron chi connectivity index (χ2n) is 3.40. The molecule has 0 spiro atoms. The average molecular weight is 227 g/mol. The molecule has 1 nitrogen and oxygen atoms in total. The molecule has 0 radical (unpaired) electrons. The molecule has 2 aromatic carbocycles. The summed E-state index contributed by atoms with van der Waals surface area (Å²) in [6.45, 7) is 3.58. The molecule has 2 heteroatoms. The van der Waals surface area contributed by atoms with E-state index in [0.717, 1.165) is 11.4 Å². The van der Waals surface area contributed by atoms with Crippen molar-refractivity contribution < 1.29 is 0 Å². The Bertz CT molecular complexity index is 465. The molecular formula is C14H13NS. The van der Waals surface area contributed by atoms with Crippen LogP contribution in [-0.2, 0) is 5.75 Å². The maximum absolute atomic E-state index is 4.01. The number of para-hydroxylation sites is 1. The van der Waals surface area contributed by atoms with E-state index in [1.54, 1.807) is 11.8 Å². The highest BCUT2D eigenvalue weighted by molar-refractivity contribution is 7.98. The molecule has 0 aromatic heterocycles. The summed E-state index contributed by atoms with van der Waals surface area (Å²) in [7, 11) is 0. The maximum atomic E-state index is 4.01. The van der Waals surface area contributed by atoms with Gasteiger partial charge in [0.05, 0.1) is 5.69 Å². The van der Waals surface area contributed by atoms with Crippen molar-refractivity contribution in [3.8, 4) is 0 Å². The van der Waals surface area contributed by atoms with Crippen LogP contribution in [0.2, 0.25) is 0 Å². The highest BCUT2D eigenvalue weighted by Gasteiger charge is 2.00. The molecule has 0 fully saturated rings. The van der Waals surface area contributed by atoms with E-state index in [4.69, 9.17) is 0 Å².